The molecule has 9 nitrogen and oxygen atoms in total. The second kappa shape index (κ2) is 12.6. The quantitative estimate of drug-likeness (QED) is 0.210. The first-order valence-electron chi connectivity index (χ1n) is 12.7. The third-order valence-electron chi connectivity index (χ3n) is 6.78. The minimum atomic E-state index is -0.919. The summed E-state index contributed by atoms with van der Waals surface area (Å²) < 4.78 is 27.6. The predicted molar refractivity (Wildman–Crippen MR) is 149 cm³/mol. The summed E-state index contributed by atoms with van der Waals surface area (Å²) in [6.07, 6.45) is 0. The highest BCUT2D eigenvalue weighted by molar-refractivity contribution is 6.46. The highest BCUT2D eigenvalue weighted by Crippen LogP contribution is 2.46. The molecule has 1 aliphatic rings. The Morgan fingerprint density at radius 3 is 2.15 bits per heavy atom. The van der Waals surface area contributed by atoms with Gasteiger partial charge in [0.2, 0.25) is 5.75 Å². The Morgan fingerprint density at radius 1 is 0.900 bits per heavy atom. The third kappa shape index (κ3) is 5.60. The van der Waals surface area contributed by atoms with E-state index in [4.69, 9.17) is 23.7 Å². The van der Waals surface area contributed by atoms with Gasteiger partial charge in [0, 0.05) is 19.2 Å². The number of carbonyl (C=O) groups is 2. The van der Waals surface area contributed by atoms with Gasteiger partial charge >= 0.3 is 0 Å². The molecule has 0 spiro atoms. The van der Waals surface area contributed by atoms with Crippen LogP contribution >= 0.6 is 0 Å². The summed E-state index contributed by atoms with van der Waals surface area (Å²) >= 11 is 0. The van der Waals surface area contributed by atoms with Gasteiger partial charge in [0.25, 0.3) is 11.7 Å². The number of nitrogens with zero attached hydrogens (tertiary/aromatic N) is 1. The van der Waals surface area contributed by atoms with Gasteiger partial charge in [-0.15, -0.1) is 0 Å². The molecule has 40 heavy (non-hydrogen) atoms. The highest BCUT2D eigenvalue weighted by atomic mass is 16.5. The molecule has 0 bridgehead atoms. The number of ether oxygens (including phenoxy) is 5. The van der Waals surface area contributed by atoms with E-state index in [0.717, 1.165) is 5.56 Å². The second-order valence-corrected chi connectivity index (χ2v) is 9.19. The maximum absolute atomic E-state index is 13.4. The lowest BCUT2D eigenvalue weighted by atomic mass is 9.93. The molecule has 4 rings (SSSR count). The van der Waals surface area contributed by atoms with Crippen LogP contribution in [0.4, 0.5) is 0 Å². The fourth-order valence-electron chi connectivity index (χ4n) is 4.78. The van der Waals surface area contributed by atoms with Crippen molar-refractivity contribution in [2.45, 2.75) is 19.6 Å². The Labute approximate surface area is 233 Å². The number of hydrogen-bond acceptors (Lipinski definition) is 8. The number of amides is 1. The smallest absolute Gasteiger partial charge is 0.295 e. The minimum Gasteiger partial charge on any atom is -0.507 e. The van der Waals surface area contributed by atoms with Crippen molar-refractivity contribution in [2.24, 2.45) is 0 Å². The molecule has 0 unspecified atom stereocenters. The number of benzene rings is 3. The van der Waals surface area contributed by atoms with Gasteiger partial charge in [-0.25, -0.2) is 0 Å². The van der Waals surface area contributed by atoms with E-state index < -0.39 is 17.7 Å². The zero-order chi connectivity index (χ0) is 28.8. The van der Waals surface area contributed by atoms with Crippen molar-refractivity contribution in [2.75, 3.05) is 41.6 Å². The first-order valence-corrected chi connectivity index (χ1v) is 12.7. The molecule has 210 valence electrons. The van der Waals surface area contributed by atoms with Gasteiger partial charge in [0.1, 0.15) is 18.1 Å². The molecule has 1 N–H and O–H groups in total. The maximum atomic E-state index is 13.4. The van der Waals surface area contributed by atoms with Gasteiger partial charge in [0.15, 0.2) is 11.5 Å². The second-order valence-electron chi connectivity index (χ2n) is 9.19. The SMILES string of the molecule is COCCN1C(=O)C(=O)C(=C(O)c2ccc(OCc3ccccc3)cc2C)[C@@H]1c1cc(OC)c(OC)c(OC)c1. The molecular formula is C31H33NO8. The fraction of sp³-hybridized carbons (Fsp3) is 0.290. The number of Topliss-reactive ketones (excluding diaryl/α,β-unsaturated/α-hetero) is 1. The van der Waals surface area contributed by atoms with E-state index >= 15 is 0 Å². The van der Waals surface area contributed by atoms with Gasteiger partial charge in [-0.2, -0.15) is 0 Å². The summed E-state index contributed by atoms with van der Waals surface area (Å²) in [6.45, 7) is 2.52. The van der Waals surface area contributed by atoms with Crippen molar-refractivity contribution < 1.29 is 38.4 Å². The van der Waals surface area contributed by atoms with Crippen LogP contribution < -0.4 is 18.9 Å². The Morgan fingerprint density at radius 2 is 1.57 bits per heavy atom. The lowest BCUT2D eigenvalue weighted by molar-refractivity contribution is -0.140. The lowest BCUT2D eigenvalue weighted by Crippen LogP contribution is -2.32. The molecule has 0 aliphatic carbocycles. The summed E-state index contributed by atoms with van der Waals surface area (Å²) in [4.78, 5) is 28.0. The summed E-state index contributed by atoms with van der Waals surface area (Å²) in [5.74, 6) is -0.141. The van der Waals surface area contributed by atoms with Crippen LogP contribution in [0, 0.1) is 6.92 Å². The van der Waals surface area contributed by atoms with E-state index in [9.17, 15) is 14.7 Å². The molecule has 1 aliphatic heterocycles. The molecular weight excluding hydrogens is 514 g/mol. The first kappa shape index (κ1) is 28.5. The lowest BCUT2D eigenvalue weighted by Gasteiger charge is -2.26. The number of hydrogen-bond donors (Lipinski definition) is 1. The number of likely N-dealkylation sites (tertiary alicyclic amines) is 1. The molecule has 1 fully saturated rings. The van der Waals surface area contributed by atoms with Gasteiger partial charge in [0.05, 0.1) is 39.6 Å². The molecule has 1 heterocycles. The molecule has 1 amide bonds. The van der Waals surface area contributed by atoms with Crippen molar-refractivity contribution in [3.05, 3.63) is 88.5 Å². The Hall–Kier alpha value is -4.50. The average Bonchev–Trinajstić information content (AvgIpc) is 3.23. The van der Waals surface area contributed by atoms with Crippen LogP contribution in [0.25, 0.3) is 5.76 Å². The molecule has 0 radical (unpaired) electrons. The Bertz CT molecular complexity index is 1390. The standard InChI is InChI=1S/C31H33NO8/c1-19-15-22(40-18-20-9-7-6-8-10-20)11-12-23(19)28(33)26-27(32(13-14-36-2)31(35)29(26)34)21-16-24(37-3)30(39-5)25(17-21)38-4/h6-12,15-17,27,33H,13-14,18H2,1-5H3/t27-/m0/s1. The Kier molecular flexibility index (Phi) is 8.96. The molecule has 0 aromatic heterocycles. The zero-order valence-electron chi connectivity index (χ0n) is 23.2. The Balaban J connectivity index is 1.79. The van der Waals surface area contributed by atoms with E-state index in [1.807, 2.05) is 30.3 Å². The minimum absolute atomic E-state index is 0.0450. The van der Waals surface area contributed by atoms with Gasteiger partial charge < -0.3 is 33.7 Å². The van der Waals surface area contributed by atoms with Crippen molar-refractivity contribution in [3.63, 3.8) is 0 Å². The van der Waals surface area contributed by atoms with Gasteiger partial charge in [-0.05, 0) is 53.9 Å². The van der Waals surface area contributed by atoms with Gasteiger partial charge in [-0.3, -0.25) is 9.59 Å². The van der Waals surface area contributed by atoms with E-state index in [1.54, 1.807) is 37.3 Å². The maximum Gasteiger partial charge on any atom is 0.295 e. The number of carbonyl (C=O) groups excluding carboxylic acids is 2. The summed E-state index contributed by atoms with van der Waals surface area (Å²) in [7, 11) is 5.96. The summed E-state index contributed by atoms with van der Waals surface area (Å²) in [5, 5.41) is 11.5. The molecule has 3 aromatic rings. The molecule has 9 heteroatoms. The fourth-order valence-corrected chi connectivity index (χ4v) is 4.78. The largest absolute Gasteiger partial charge is 0.507 e. The van der Waals surface area contributed by atoms with Crippen LogP contribution in [0.15, 0.2) is 66.2 Å². The predicted octanol–water partition coefficient (Wildman–Crippen LogP) is 4.67. The van der Waals surface area contributed by atoms with Crippen LogP contribution in [0.3, 0.4) is 0 Å². The topological polar surface area (TPSA) is 104 Å². The number of aryl methyl sites for hydroxylation is 1. The number of aliphatic hydroxyl groups is 1. The van der Waals surface area contributed by atoms with Crippen molar-refractivity contribution >= 4 is 17.4 Å². The molecule has 3 aromatic carbocycles. The first-order chi connectivity index (χ1) is 19.3. The molecule has 1 atom stereocenters. The van der Waals surface area contributed by atoms with Crippen LogP contribution in [-0.4, -0.2) is 63.3 Å². The van der Waals surface area contributed by atoms with Crippen LogP contribution in [0.1, 0.15) is 28.3 Å². The van der Waals surface area contributed by atoms with Crippen molar-refractivity contribution in [1.82, 2.24) is 4.90 Å². The summed E-state index contributed by atoms with van der Waals surface area (Å²) in [6, 6.07) is 17.4. The molecule has 0 saturated carbocycles. The zero-order valence-corrected chi connectivity index (χ0v) is 23.2. The van der Waals surface area contributed by atoms with Gasteiger partial charge in [-0.1, -0.05) is 30.3 Å². The van der Waals surface area contributed by atoms with Crippen LogP contribution in [0.2, 0.25) is 0 Å². The summed E-state index contributed by atoms with van der Waals surface area (Å²) in [5.41, 5.74) is 2.57. The monoisotopic (exact) mass is 547 g/mol. The number of ketones is 1. The van der Waals surface area contributed by atoms with E-state index in [2.05, 4.69) is 0 Å². The van der Waals surface area contributed by atoms with Crippen molar-refractivity contribution in [3.8, 4) is 23.0 Å². The number of methoxy groups -OCH3 is 4. The average molecular weight is 548 g/mol. The van der Waals surface area contributed by atoms with Crippen LogP contribution in [0.5, 0.6) is 23.0 Å². The van der Waals surface area contributed by atoms with Crippen molar-refractivity contribution in [1.29, 1.82) is 0 Å². The highest BCUT2D eigenvalue weighted by Gasteiger charge is 2.46. The van der Waals surface area contributed by atoms with E-state index in [1.165, 1.54) is 33.3 Å². The van der Waals surface area contributed by atoms with E-state index in [-0.39, 0.29) is 24.5 Å². The third-order valence-corrected chi connectivity index (χ3v) is 6.78. The van der Waals surface area contributed by atoms with E-state index in [0.29, 0.717) is 46.3 Å². The van der Waals surface area contributed by atoms with Crippen LogP contribution in [-0.2, 0) is 20.9 Å². The molecule has 1 saturated heterocycles. The normalized spacial score (nSPS) is 16.2. The number of rotatable bonds is 11. The number of aliphatic hydroxyl groups excluding tert-OH is 1.